The molecule has 2 rings (SSSR count). The molecule has 0 aromatic heterocycles. The van der Waals surface area contributed by atoms with Crippen molar-refractivity contribution in [2.45, 2.75) is 44.6 Å². The van der Waals surface area contributed by atoms with Crippen molar-refractivity contribution >= 4 is 0 Å². The summed E-state index contributed by atoms with van der Waals surface area (Å²) in [5, 5.41) is 3.46. The quantitative estimate of drug-likeness (QED) is 0.851. The summed E-state index contributed by atoms with van der Waals surface area (Å²) in [5.41, 5.74) is 1.38. The van der Waals surface area contributed by atoms with Crippen LogP contribution in [-0.2, 0) is 0 Å². The normalized spacial score (nSPS) is 18.6. The van der Waals surface area contributed by atoms with E-state index in [1.165, 1.54) is 44.1 Å². The molecule has 0 saturated heterocycles. The van der Waals surface area contributed by atoms with Crippen LogP contribution in [0.5, 0.6) is 5.75 Å². The lowest BCUT2D eigenvalue weighted by atomic mass is 9.83. The summed E-state index contributed by atoms with van der Waals surface area (Å²) >= 11 is 0. The van der Waals surface area contributed by atoms with Gasteiger partial charge in [-0.3, -0.25) is 0 Å². The molecule has 1 fully saturated rings. The lowest BCUT2D eigenvalue weighted by Crippen LogP contribution is -2.21. The Morgan fingerprint density at radius 2 is 1.83 bits per heavy atom. The standard InChI is InChI=1S/C16H25NO/c1-17-16(12-13-6-4-3-5-7-13)14-8-10-15(18-2)11-9-14/h8-11,13,16-17H,3-7,12H2,1-2H3/t16-/m0/s1. The molecule has 0 radical (unpaired) electrons. The van der Waals surface area contributed by atoms with Gasteiger partial charge in [0.15, 0.2) is 0 Å². The minimum Gasteiger partial charge on any atom is -0.497 e. The molecule has 1 atom stereocenters. The van der Waals surface area contributed by atoms with Crippen molar-refractivity contribution in [2.75, 3.05) is 14.2 Å². The highest BCUT2D eigenvalue weighted by Gasteiger charge is 2.19. The van der Waals surface area contributed by atoms with Crippen LogP contribution in [0.4, 0.5) is 0 Å². The molecule has 0 spiro atoms. The maximum absolute atomic E-state index is 5.21. The first-order chi connectivity index (χ1) is 8.83. The molecule has 2 nitrogen and oxygen atoms in total. The minimum absolute atomic E-state index is 0.485. The van der Waals surface area contributed by atoms with Crippen molar-refractivity contribution < 1.29 is 4.74 Å². The van der Waals surface area contributed by atoms with Gasteiger partial charge in [-0.1, -0.05) is 44.2 Å². The third-order valence-corrected chi connectivity index (χ3v) is 4.16. The van der Waals surface area contributed by atoms with E-state index in [1.807, 2.05) is 0 Å². The van der Waals surface area contributed by atoms with Gasteiger partial charge in [0.25, 0.3) is 0 Å². The first-order valence-corrected chi connectivity index (χ1v) is 7.14. The molecule has 0 amide bonds. The van der Waals surface area contributed by atoms with Crippen molar-refractivity contribution in [3.8, 4) is 5.75 Å². The second-order valence-corrected chi connectivity index (χ2v) is 5.35. The van der Waals surface area contributed by atoms with Crippen molar-refractivity contribution in [2.24, 2.45) is 5.92 Å². The van der Waals surface area contributed by atoms with Gasteiger partial charge in [-0.25, -0.2) is 0 Å². The van der Waals surface area contributed by atoms with Gasteiger partial charge in [0, 0.05) is 6.04 Å². The van der Waals surface area contributed by atoms with Crippen LogP contribution in [0, 0.1) is 5.92 Å². The number of hydrogen-bond acceptors (Lipinski definition) is 2. The van der Waals surface area contributed by atoms with Crippen LogP contribution in [0.15, 0.2) is 24.3 Å². The predicted molar refractivity (Wildman–Crippen MR) is 76.0 cm³/mol. The molecule has 1 aromatic carbocycles. The molecule has 0 unspecified atom stereocenters. The second-order valence-electron chi connectivity index (χ2n) is 5.35. The molecule has 1 N–H and O–H groups in total. The molecule has 2 heteroatoms. The van der Waals surface area contributed by atoms with Crippen molar-refractivity contribution in [3.05, 3.63) is 29.8 Å². The van der Waals surface area contributed by atoms with E-state index in [2.05, 4.69) is 36.6 Å². The molecule has 100 valence electrons. The smallest absolute Gasteiger partial charge is 0.118 e. The summed E-state index contributed by atoms with van der Waals surface area (Å²) in [5.74, 6) is 1.84. The van der Waals surface area contributed by atoms with E-state index in [9.17, 15) is 0 Å². The van der Waals surface area contributed by atoms with E-state index < -0.39 is 0 Å². The molecule has 18 heavy (non-hydrogen) atoms. The first-order valence-electron chi connectivity index (χ1n) is 7.14. The molecule has 1 aliphatic rings. The molecular formula is C16H25NO. The Kier molecular flexibility index (Phi) is 5.06. The molecule has 0 heterocycles. The van der Waals surface area contributed by atoms with Gasteiger partial charge < -0.3 is 10.1 Å². The SMILES string of the molecule is CN[C@@H](CC1CCCCC1)c1ccc(OC)cc1. The highest BCUT2D eigenvalue weighted by Crippen LogP contribution is 2.32. The largest absolute Gasteiger partial charge is 0.497 e. The van der Waals surface area contributed by atoms with Crippen LogP contribution >= 0.6 is 0 Å². The van der Waals surface area contributed by atoms with E-state index >= 15 is 0 Å². The predicted octanol–water partition coefficient (Wildman–Crippen LogP) is 3.93. The van der Waals surface area contributed by atoms with Crippen molar-refractivity contribution in [1.29, 1.82) is 0 Å². The number of rotatable bonds is 5. The Morgan fingerprint density at radius 1 is 1.17 bits per heavy atom. The number of hydrogen-bond donors (Lipinski definition) is 1. The van der Waals surface area contributed by atoms with Crippen molar-refractivity contribution in [3.63, 3.8) is 0 Å². The summed E-state index contributed by atoms with van der Waals surface area (Å²) in [6.45, 7) is 0. The lowest BCUT2D eigenvalue weighted by Gasteiger charge is -2.26. The third-order valence-electron chi connectivity index (χ3n) is 4.16. The number of benzene rings is 1. The Morgan fingerprint density at radius 3 is 2.39 bits per heavy atom. The summed E-state index contributed by atoms with van der Waals surface area (Å²) in [6, 6.07) is 8.96. The summed E-state index contributed by atoms with van der Waals surface area (Å²) in [7, 11) is 3.78. The maximum Gasteiger partial charge on any atom is 0.118 e. The molecule has 0 aliphatic heterocycles. The van der Waals surface area contributed by atoms with Gasteiger partial charge in [0.2, 0.25) is 0 Å². The topological polar surface area (TPSA) is 21.3 Å². The zero-order chi connectivity index (χ0) is 12.8. The molecule has 0 bridgehead atoms. The maximum atomic E-state index is 5.21. The van der Waals surface area contributed by atoms with Gasteiger partial charge in [-0.2, -0.15) is 0 Å². The van der Waals surface area contributed by atoms with E-state index in [4.69, 9.17) is 4.74 Å². The fourth-order valence-electron chi connectivity index (χ4n) is 3.01. The average molecular weight is 247 g/mol. The van der Waals surface area contributed by atoms with Gasteiger partial charge in [-0.05, 0) is 37.1 Å². The fraction of sp³-hybridized carbons (Fsp3) is 0.625. The van der Waals surface area contributed by atoms with E-state index in [-0.39, 0.29) is 0 Å². The highest BCUT2D eigenvalue weighted by molar-refractivity contribution is 5.29. The Balaban J connectivity index is 1.97. The van der Waals surface area contributed by atoms with Crippen molar-refractivity contribution in [1.82, 2.24) is 5.32 Å². The zero-order valence-corrected chi connectivity index (χ0v) is 11.6. The van der Waals surface area contributed by atoms with Gasteiger partial charge >= 0.3 is 0 Å². The molecule has 1 aromatic rings. The van der Waals surface area contributed by atoms with E-state index in [0.29, 0.717) is 6.04 Å². The van der Waals surface area contributed by atoms with Gasteiger partial charge in [0.1, 0.15) is 5.75 Å². The summed E-state index contributed by atoms with van der Waals surface area (Å²) in [4.78, 5) is 0. The molecule has 1 aliphatic carbocycles. The third kappa shape index (κ3) is 3.49. The number of ether oxygens (including phenoxy) is 1. The lowest BCUT2D eigenvalue weighted by molar-refractivity contribution is 0.305. The Labute approximate surface area is 111 Å². The van der Waals surface area contributed by atoms with Crippen LogP contribution in [-0.4, -0.2) is 14.2 Å². The van der Waals surface area contributed by atoms with Gasteiger partial charge in [0.05, 0.1) is 7.11 Å². The number of methoxy groups -OCH3 is 1. The number of nitrogens with one attached hydrogen (secondary N) is 1. The van der Waals surface area contributed by atoms with E-state index in [1.54, 1.807) is 7.11 Å². The minimum atomic E-state index is 0.485. The highest BCUT2D eigenvalue weighted by atomic mass is 16.5. The first kappa shape index (κ1) is 13.4. The van der Waals surface area contributed by atoms with E-state index in [0.717, 1.165) is 11.7 Å². The Hall–Kier alpha value is -1.02. The van der Waals surface area contributed by atoms with Crippen LogP contribution < -0.4 is 10.1 Å². The monoisotopic (exact) mass is 247 g/mol. The average Bonchev–Trinajstić information content (AvgIpc) is 2.46. The fourth-order valence-corrected chi connectivity index (χ4v) is 3.01. The second kappa shape index (κ2) is 6.79. The van der Waals surface area contributed by atoms with Crippen LogP contribution in [0.3, 0.4) is 0 Å². The van der Waals surface area contributed by atoms with Gasteiger partial charge in [-0.15, -0.1) is 0 Å². The summed E-state index contributed by atoms with van der Waals surface area (Å²) < 4.78 is 5.21. The zero-order valence-electron chi connectivity index (χ0n) is 11.6. The van der Waals surface area contributed by atoms with Crippen LogP contribution in [0.1, 0.15) is 50.1 Å². The summed E-state index contributed by atoms with van der Waals surface area (Å²) in [6.07, 6.45) is 8.36. The Bertz CT molecular complexity index is 341. The van der Waals surface area contributed by atoms with Crippen LogP contribution in [0.2, 0.25) is 0 Å². The molecular weight excluding hydrogens is 222 g/mol. The van der Waals surface area contributed by atoms with Crippen LogP contribution in [0.25, 0.3) is 0 Å². The molecule has 1 saturated carbocycles.